The second kappa shape index (κ2) is 6.81. The van der Waals surface area contributed by atoms with Gasteiger partial charge in [0, 0.05) is 5.57 Å². The molecule has 2 aromatic rings. The van der Waals surface area contributed by atoms with Crippen molar-refractivity contribution in [2.24, 2.45) is 0 Å². The van der Waals surface area contributed by atoms with E-state index in [2.05, 4.69) is 0 Å². The van der Waals surface area contributed by atoms with Gasteiger partial charge in [-0.05, 0) is 41.0 Å². The summed E-state index contributed by atoms with van der Waals surface area (Å²) in [6.45, 7) is 2.01. The number of rotatable bonds is 4. The first-order valence-electron chi connectivity index (χ1n) is 8.04. The average molecular weight is 338 g/mol. The highest BCUT2D eigenvalue weighted by molar-refractivity contribution is 6.35. The summed E-state index contributed by atoms with van der Waals surface area (Å²) in [5.74, 6) is 0.183. The van der Waals surface area contributed by atoms with E-state index >= 15 is 0 Å². The number of nitrogens with zero attached hydrogens (tertiary/aromatic N) is 1. The first kappa shape index (κ1) is 16.8. The Morgan fingerprint density at radius 3 is 2.44 bits per heavy atom. The second-order valence-electron chi connectivity index (χ2n) is 5.62. The molecule has 0 heterocycles. The molecule has 2 aromatic carbocycles. The van der Waals surface area contributed by atoms with Crippen molar-refractivity contribution in [2.75, 3.05) is 20.8 Å². The van der Waals surface area contributed by atoms with Crippen molar-refractivity contribution in [1.29, 1.82) is 0 Å². The number of fused-ring (bicyclic) bond motifs is 1. The van der Waals surface area contributed by atoms with Crippen LogP contribution in [-0.2, 0) is 9.53 Å². The fourth-order valence-electron chi connectivity index (χ4n) is 3.09. The van der Waals surface area contributed by atoms with Gasteiger partial charge < -0.3 is 9.47 Å². The Kier molecular flexibility index (Phi) is 4.57. The van der Waals surface area contributed by atoms with Gasteiger partial charge in [0.15, 0.2) is 7.05 Å². The van der Waals surface area contributed by atoms with Crippen molar-refractivity contribution in [3.63, 3.8) is 0 Å². The van der Waals surface area contributed by atoms with Crippen LogP contribution in [0.3, 0.4) is 0 Å². The molecule has 1 N–H and O–H groups in total. The third-order valence-electron chi connectivity index (χ3n) is 4.10. The van der Waals surface area contributed by atoms with Gasteiger partial charge in [0.1, 0.15) is 11.3 Å². The number of hydrogen-bond acceptors (Lipinski definition) is 4. The van der Waals surface area contributed by atoms with E-state index in [1.54, 1.807) is 14.0 Å². The van der Waals surface area contributed by atoms with E-state index in [1.807, 2.05) is 48.5 Å². The van der Waals surface area contributed by atoms with E-state index in [9.17, 15) is 10.0 Å². The van der Waals surface area contributed by atoms with Crippen molar-refractivity contribution in [1.82, 2.24) is 0 Å². The molecular weight excluding hydrogens is 318 g/mol. The van der Waals surface area contributed by atoms with Gasteiger partial charge in [-0.1, -0.05) is 30.3 Å². The molecular formula is C20H20NO4+. The number of carbonyl (C=O) groups excluding carboxylic acids is 1. The highest BCUT2D eigenvalue weighted by atomic mass is 16.5. The number of ether oxygens (including phenoxy) is 2. The van der Waals surface area contributed by atoms with E-state index in [0.717, 1.165) is 27.0 Å². The van der Waals surface area contributed by atoms with Crippen LogP contribution in [0.25, 0.3) is 5.57 Å². The Hall–Kier alpha value is -3.08. The minimum Gasteiger partial charge on any atom is -0.497 e. The summed E-state index contributed by atoms with van der Waals surface area (Å²) in [5.41, 5.74) is 3.96. The Morgan fingerprint density at radius 2 is 1.84 bits per heavy atom. The Balaban J connectivity index is 2.34. The zero-order valence-corrected chi connectivity index (χ0v) is 14.4. The van der Waals surface area contributed by atoms with Crippen molar-refractivity contribution in [2.45, 2.75) is 6.92 Å². The van der Waals surface area contributed by atoms with Crippen LogP contribution in [-0.4, -0.2) is 42.4 Å². The molecule has 0 radical (unpaired) electrons. The van der Waals surface area contributed by atoms with E-state index in [1.165, 1.54) is 7.05 Å². The Bertz CT molecular complexity index is 878. The molecule has 0 saturated heterocycles. The van der Waals surface area contributed by atoms with Crippen molar-refractivity contribution in [3.05, 3.63) is 70.8 Å². The predicted molar refractivity (Wildman–Crippen MR) is 94.2 cm³/mol. The average Bonchev–Trinajstić information content (AvgIpc) is 2.97. The monoisotopic (exact) mass is 338 g/mol. The normalized spacial score (nSPS) is 15.0. The van der Waals surface area contributed by atoms with E-state index in [-0.39, 0.29) is 6.61 Å². The summed E-state index contributed by atoms with van der Waals surface area (Å²) in [7, 11) is 3.07. The van der Waals surface area contributed by atoms with Gasteiger partial charge in [-0.2, -0.15) is 0 Å². The lowest BCUT2D eigenvalue weighted by Crippen LogP contribution is -2.22. The van der Waals surface area contributed by atoms with Crippen LogP contribution in [0.5, 0.6) is 5.75 Å². The molecule has 3 rings (SSSR count). The summed E-state index contributed by atoms with van der Waals surface area (Å²) in [4.78, 5) is 12.7. The number of carbonyl (C=O) groups is 1. The molecule has 0 aromatic heterocycles. The minimum atomic E-state index is -0.465. The molecule has 1 aliphatic carbocycles. The van der Waals surface area contributed by atoms with Gasteiger partial charge in [0.05, 0.1) is 19.3 Å². The first-order valence-corrected chi connectivity index (χ1v) is 8.04. The van der Waals surface area contributed by atoms with E-state index in [0.29, 0.717) is 17.0 Å². The lowest BCUT2D eigenvalue weighted by Gasteiger charge is -2.07. The summed E-state index contributed by atoms with van der Waals surface area (Å²) in [6.07, 6.45) is 0. The number of hydroxylamine groups is 1. The summed E-state index contributed by atoms with van der Waals surface area (Å²) < 4.78 is 11.5. The van der Waals surface area contributed by atoms with Gasteiger partial charge in [-0.25, -0.2) is 4.79 Å². The Labute approximate surface area is 146 Å². The smallest absolute Gasteiger partial charge is 0.345 e. The topological polar surface area (TPSA) is 58.8 Å². The summed E-state index contributed by atoms with van der Waals surface area (Å²) >= 11 is 0. The second-order valence-corrected chi connectivity index (χ2v) is 5.62. The highest BCUT2D eigenvalue weighted by Crippen LogP contribution is 2.39. The highest BCUT2D eigenvalue weighted by Gasteiger charge is 2.40. The molecule has 0 amide bonds. The molecule has 0 bridgehead atoms. The molecule has 0 fully saturated rings. The van der Waals surface area contributed by atoms with E-state index < -0.39 is 5.97 Å². The van der Waals surface area contributed by atoms with Gasteiger partial charge in [-0.3, -0.25) is 5.21 Å². The molecule has 0 aliphatic heterocycles. The number of esters is 1. The fraction of sp³-hybridized carbons (Fsp3) is 0.200. The summed E-state index contributed by atoms with van der Waals surface area (Å²) in [6, 6.07) is 15.2. The zero-order chi connectivity index (χ0) is 18.0. The molecule has 0 atom stereocenters. The molecule has 0 unspecified atom stereocenters. The predicted octanol–water partition coefficient (Wildman–Crippen LogP) is 2.89. The molecule has 1 aliphatic rings. The maximum Gasteiger partial charge on any atom is 0.345 e. The first-order chi connectivity index (χ1) is 12.1. The van der Waals surface area contributed by atoms with Crippen LogP contribution in [0.4, 0.5) is 0 Å². The molecule has 0 spiro atoms. The molecule has 25 heavy (non-hydrogen) atoms. The largest absolute Gasteiger partial charge is 0.497 e. The molecule has 5 heteroatoms. The molecule has 0 saturated carbocycles. The molecule has 128 valence electrons. The lowest BCUT2D eigenvalue weighted by molar-refractivity contribution is -0.753. The fourth-order valence-corrected chi connectivity index (χ4v) is 3.09. The van der Waals surface area contributed by atoms with Crippen LogP contribution in [0.2, 0.25) is 0 Å². The summed E-state index contributed by atoms with van der Waals surface area (Å²) in [5, 5.41) is 10.2. The van der Waals surface area contributed by atoms with Gasteiger partial charge in [0.2, 0.25) is 0 Å². The van der Waals surface area contributed by atoms with Gasteiger partial charge in [-0.15, -0.1) is 0 Å². The lowest BCUT2D eigenvalue weighted by atomic mass is 9.97. The Morgan fingerprint density at radius 1 is 1.12 bits per heavy atom. The maximum absolute atomic E-state index is 12.7. The SMILES string of the molecule is CCOC(=O)C1=C(c2ccccc2)c2ccc(OC)cc2/C1=[N+](/C)O. The van der Waals surface area contributed by atoms with Gasteiger partial charge in [0.25, 0.3) is 5.71 Å². The number of benzene rings is 2. The number of hydrogen-bond donors (Lipinski definition) is 1. The zero-order valence-electron chi connectivity index (χ0n) is 14.4. The minimum absolute atomic E-state index is 0.256. The van der Waals surface area contributed by atoms with Crippen LogP contribution in [0.15, 0.2) is 54.1 Å². The van der Waals surface area contributed by atoms with Crippen LogP contribution >= 0.6 is 0 Å². The van der Waals surface area contributed by atoms with Gasteiger partial charge >= 0.3 is 5.97 Å². The van der Waals surface area contributed by atoms with E-state index in [4.69, 9.17) is 9.47 Å². The van der Waals surface area contributed by atoms with Crippen molar-refractivity contribution >= 4 is 17.3 Å². The van der Waals surface area contributed by atoms with Crippen LogP contribution < -0.4 is 4.74 Å². The van der Waals surface area contributed by atoms with Crippen LogP contribution in [0.1, 0.15) is 23.6 Å². The quantitative estimate of drug-likeness (QED) is 0.403. The standard InChI is InChI=1S/C20H20NO4/c1-4-25-20(22)18-17(13-8-6-5-7-9-13)15-11-10-14(24-3)12-16(15)19(18)21(2)23/h5-12,23H,4H2,1-3H3/q+1/b21-19+. The van der Waals surface area contributed by atoms with Crippen molar-refractivity contribution < 1.29 is 24.2 Å². The third kappa shape index (κ3) is 2.89. The third-order valence-corrected chi connectivity index (χ3v) is 4.10. The molecule has 5 nitrogen and oxygen atoms in total. The number of methoxy groups -OCH3 is 1. The maximum atomic E-state index is 12.7. The van der Waals surface area contributed by atoms with Crippen molar-refractivity contribution in [3.8, 4) is 5.75 Å². The van der Waals surface area contributed by atoms with Crippen LogP contribution in [0, 0.1) is 0 Å².